The maximum Gasteiger partial charge on any atom is 0.320 e. The smallest absolute Gasteiger partial charge is 0.320 e. The van der Waals surface area contributed by atoms with Gasteiger partial charge in [0.1, 0.15) is 6.04 Å². The maximum absolute atomic E-state index is 10.6. The monoisotopic (exact) mass is 293 g/mol. The zero-order valence-corrected chi connectivity index (χ0v) is 8.66. The average Bonchev–Trinajstić information content (AvgIpc) is 1.80. The van der Waals surface area contributed by atoms with E-state index in [1.807, 2.05) is 0 Å². The van der Waals surface area contributed by atoms with Crippen LogP contribution in [0, 0.1) is 0 Å². The molecule has 5 nitrogen and oxygen atoms in total. The van der Waals surface area contributed by atoms with Gasteiger partial charge >= 0.3 is 5.97 Å². The summed E-state index contributed by atoms with van der Waals surface area (Å²) in [5, 5.41) is 5.15. The van der Waals surface area contributed by atoms with Crippen LogP contribution in [-0.4, -0.2) is 28.2 Å². The summed E-state index contributed by atoms with van der Waals surface area (Å²) in [6.45, 7) is 0. The van der Waals surface area contributed by atoms with Crippen molar-refractivity contribution in [3.8, 4) is 0 Å². The largest absolute Gasteiger partial charge is 0.480 e. The Hall–Kier alpha value is 0.350. The molecule has 0 aliphatic carbocycles. The first kappa shape index (κ1) is 11.4. The molecule has 0 heterocycles. The first-order valence-corrected chi connectivity index (χ1v) is 7.46. The van der Waals surface area contributed by atoms with Crippen LogP contribution in [0.2, 0.25) is 0 Å². The minimum absolute atomic E-state index is 0.0338. The normalized spacial score (nSPS) is 18.8. The van der Waals surface area contributed by atoms with E-state index in [0.29, 0.717) is 0 Å². The third kappa shape index (κ3) is 6.74. The van der Waals surface area contributed by atoms with Crippen LogP contribution in [-0.2, 0) is 9.36 Å². The predicted octanol–water partition coefficient (Wildman–Crippen LogP) is 0.409. The Morgan fingerprint density at radius 3 is 2.45 bits per heavy atom. The van der Waals surface area contributed by atoms with Gasteiger partial charge in [-0.3, -0.25) is 9.36 Å². The van der Waals surface area contributed by atoms with Crippen molar-refractivity contribution in [3.05, 3.63) is 0 Å². The highest BCUT2D eigenvalue weighted by Gasteiger charge is 2.18. The molecule has 2 unspecified atom stereocenters. The fraction of sp³-hybridized carbons (Fsp3) is 0.750. The molecule has 2 atom stereocenters. The van der Waals surface area contributed by atoms with Gasteiger partial charge in [-0.25, -0.2) is 0 Å². The highest BCUT2D eigenvalue weighted by Crippen LogP contribution is 2.50. The van der Waals surface area contributed by atoms with E-state index in [-0.39, 0.29) is 12.6 Å². The lowest BCUT2D eigenvalue weighted by Gasteiger charge is -2.06. The molecule has 0 aromatic heterocycles. The van der Waals surface area contributed by atoms with Crippen molar-refractivity contribution in [2.45, 2.75) is 12.5 Å². The van der Waals surface area contributed by atoms with E-state index in [1.54, 1.807) is 0 Å². The Kier molecular flexibility index (Phi) is 4.53. The van der Waals surface area contributed by atoms with E-state index >= 15 is 0 Å². The van der Waals surface area contributed by atoms with Gasteiger partial charge in [-0.15, -0.1) is 0 Å². The average molecular weight is 293 g/mol. The summed E-state index contributed by atoms with van der Waals surface area (Å²) in [6, 6.07) is -1.04. The quantitative estimate of drug-likeness (QED) is 0.515. The first-order chi connectivity index (χ1) is 4.83. The Balaban J connectivity index is 3.72. The van der Waals surface area contributed by atoms with Gasteiger partial charge in [0.25, 0.3) is 5.01 Å². The zero-order valence-electron chi connectivity index (χ0n) is 5.61. The summed E-state index contributed by atoms with van der Waals surface area (Å²) in [4.78, 5) is 18.9. The van der Waals surface area contributed by atoms with Crippen molar-refractivity contribution in [1.29, 1.82) is 0 Å². The highest BCUT2D eigenvalue weighted by atomic mass is 127. The number of aliphatic carboxylic acids is 1. The van der Waals surface area contributed by atoms with Crippen LogP contribution in [0.1, 0.15) is 6.42 Å². The fourth-order valence-corrected chi connectivity index (χ4v) is 1.85. The van der Waals surface area contributed by atoms with Crippen molar-refractivity contribution in [2.24, 2.45) is 5.73 Å². The van der Waals surface area contributed by atoms with Crippen LogP contribution in [0.4, 0.5) is 0 Å². The second kappa shape index (κ2) is 4.39. The molecule has 0 saturated heterocycles. The highest BCUT2D eigenvalue weighted by molar-refractivity contribution is 14.2. The summed E-state index contributed by atoms with van der Waals surface area (Å²) < 4.78 is 10.6. The third-order valence-corrected chi connectivity index (χ3v) is 3.29. The molecular formula is C4H9INO4P. The zero-order chi connectivity index (χ0) is 9.07. The Morgan fingerprint density at radius 1 is 1.73 bits per heavy atom. The standard InChI is InChI=1S/C4H9INO4P/c5-11(9,10)2-1-3(6)4(7)8/h3H,1-2,6H2,(H,7,8)(H,9,10). The number of hydrogen-bond donors (Lipinski definition) is 3. The lowest BCUT2D eigenvalue weighted by molar-refractivity contribution is -0.138. The number of carboxylic acids is 1. The number of nitrogens with two attached hydrogens (primary N) is 1. The molecule has 0 rings (SSSR count). The number of carboxylic acid groups (broad SMARTS) is 1. The van der Waals surface area contributed by atoms with Gasteiger partial charge < -0.3 is 15.7 Å². The van der Waals surface area contributed by atoms with Crippen LogP contribution in [0.25, 0.3) is 0 Å². The van der Waals surface area contributed by atoms with Crippen LogP contribution in [0.3, 0.4) is 0 Å². The third-order valence-electron chi connectivity index (χ3n) is 1.03. The summed E-state index contributed by atoms with van der Waals surface area (Å²) in [7, 11) is 0. The lowest BCUT2D eigenvalue weighted by atomic mass is 10.2. The van der Waals surface area contributed by atoms with E-state index in [1.165, 1.54) is 22.0 Å². The summed E-state index contributed by atoms with van der Waals surface area (Å²) >= 11 is 1.40. The van der Waals surface area contributed by atoms with Gasteiger partial charge in [0.15, 0.2) is 0 Å². The second-order valence-corrected chi connectivity index (χ2v) is 8.28. The lowest BCUT2D eigenvalue weighted by Crippen LogP contribution is -2.30. The van der Waals surface area contributed by atoms with Crippen LogP contribution >= 0.6 is 27.1 Å². The van der Waals surface area contributed by atoms with Gasteiger partial charge in [0.2, 0.25) is 0 Å². The van der Waals surface area contributed by atoms with Crippen molar-refractivity contribution in [3.63, 3.8) is 0 Å². The fourth-order valence-electron chi connectivity index (χ4n) is 0.422. The minimum atomic E-state index is -3.13. The summed E-state index contributed by atoms with van der Waals surface area (Å²) in [6.07, 6.45) is -0.0208. The topological polar surface area (TPSA) is 101 Å². The SMILES string of the molecule is NC(CCP(=O)(O)I)C(=O)O. The van der Waals surface area contributed by atoms with Gasteiger partial charge in [0.05, 0.1) is 0 Å². The van der Waals surface area contributed by atoms with Crippen molar-refractivity contribution >= 4 is 33.0 Å². The molecule has 0 aromatic carbocycles. The molecule has 0 bridgehead atoms. The molecule has 4 N–H and O–H groups in total. The van der Waals surface area contributed by atoms with Crippen LogP contribution < -0.4 is 5.73 Å². The van der Waals surface area contributed by atoms with E-state index < -0.39 is 17.0 Å². The van der Waals surface area contributed by atoms with Gasteiger partial charge in [-0.05, 0) is 6.42 Å². The summed E-state index contributed by atoms with van der Waals surface area (Å²) in [5.74, 6) is -1.14. The molecule has 0 amide bonds. The number of carbonyl (C=O) groups is 1. The minimum Gasteiger partial charge on any atom is -0.480 e. The molecule has 0 aliphatic rings. The van der Waals surface area contributed by atoms with Crippen molar-refractivity contribution in [2.75, 3.05) is 6.16 Å². The van der Waals surface area contributed by atoms with E-state index in [0.717, 1.165) is 0 Å². The van der Waals surface area contributed by atoms with Crippen LogP contribution in [0.5, 0.6) is 0 Å². The van der Waals surface area contributed by atoms with Gasteiger partial charge in [-0.2, -0.15) is 0 Å². The molecule has 7 heteroatoms. The van der Waals surface area contributed by atoms with Crippen molar-refractivity contribution in [1.82, 2.24) is 0 Å². The van der Waals surface area contributed by atoms with Gasteiger partial charge in [-0.1, -0.05) is 0 Å². The first-order valence-electron chi connectivity index (χ1n) is 2.83. The molecule has 11 heavy (non-hydrogen) atoms. The molecule has 0 aromatic rings. The van der Waals surface area contributed by atoms with Crippen LogP contribution in [0.15, 0.2) is 0 Å². The van der Waals surface area contributed by atoms with E-state index in [9.17, 15) is 9.36 Å². The molecule has 0 fully saturated rings. The maximum atomic E-state index is 10.6. The molecular weight excluding hydrogens is 284 g/mol. The molecule has 0 aliphatic heterocycles. The number of hydrogen-bond acceptors (Lipinski definition) is 3. The number of rotatable bonds is 4. The molecule has 0 spiro atoms. The second-order valence-electron chi connectivity index (χ2n) is 2.07. The predicted molar refractivity (Wildman–Crippen MR) is 48.9 cm³/mol. The van der Waals surface area contributed by atoms with E-state index in [4.69, 9.17) is 15.7 Å². The molecule has 66 valence electrons. The number of halogens is 1. The molecule has 0 radical (unpaired) electrons. The Morgan fingerprint density at radius 2 is 2.18 bits per heavy atom. The van der Waals surface area contributed by atoms with Gasteiger partial charge in [0, 0.05) is 28.2 Å². The Bertz CT molecular complexity index is 191. The van der Waals surface area contributed by atoms with E-state index in [2.05, 4.69) is 0 Å². The Labute approximate surface area is 76.9 Å². The van der Waals surface area contributed by atoms with Crippen molar-refractivity contribution < 1.29 is 19.4 Å². The summed E-state index contributed by atoms with van der Waals surface area (Å²) in [5.41, 5.74) is 5.09. The molecule has 0 saturated carbocycles.